The fraction of sp³-hybridized carbons (Fsp3) is 0.167. The standard InChI is InChI=1S/C12H7F3N2O3/c13-12(14,15)11(20)17-8-7(16)9(18)5-3-1-2-4-6(5)10(8)19/h1-4,8,16H,(H,17,20). The van der Waals surface area contributed by atoms with Crippen LogP contribution in [0.15, 0.2) is 24.3 Å². The zero-order valence-corrected chi connectivity index (χ0v) is 9.75. The van der Waals surface area contributed by atoms with E-state index in [0.29, 0.717) is 0 Å². The number of benzene rings is 1. The molecule has 2 N–H and O–H groups in total. The molecule has 20 heavy (non-hydrogen) atoms. The number of Topliss-reactive ketones (excluding diaryl/α,β-unsaturated/α-hetero) is 2. The molecule has 2 rings (SSSR count). The Morgan fingerprint density at radius 2 is 1.70 bits per heavy atom. The molecule has 1 atom stereocenters. The number of hydrogen-bond acceptors (Lipinski definition) is 4. The second-order valence-corrected chi connectivity index (χ2v) is 4.06. The van der Waals surface area contributed by atoms with Crippen molar-refractivity contribution in [2.45, 2.75) is 12.2 Å². The second kappa shape index (κ2) is 4.55. The van der Waals surface area contributed by atoms with E-state index in [1.807, 2.05) is 0 Å². The number of ketones is 2. The highest BCUT2D eigenvalue weighted by atomic mass is 19.4. The van der Waals surface area contributed by atoms with Crippen LogP contribution in [0.4, 0.5) is 13.2 Å². The van der Waals surface area contributed by atoms with Crippen LogP contribution in [0.1, 0.15) is 20.7 Å². The van der Waals surface area contributed by atoms with Gasteiger partial charge in [-0.3, -0.25) is 19.8 Å². The Hall–Kier alpha value is -2.51. The molecule has 1 aliphatic rings. The van der Waals surface area contributed by atoms with E-state index < -0.39 is 35.4 Å². The van der Waals surface area contributed by atoms with Crippen molar-refractivity contribution in [3.63, 3.8) is 0 Å². The number of hydrogen-bond donors (Lipinski definition) is 2. The van der Waals surface area contributed by atoms with Gasteiger partial charge in [0.25, 0.3) is 0 Å². The molecular formula is C12H7F3N2O3. The normalized spacial score (nSPS) is 18.8. The third-order valence-corrected chi connectivity index (χ3v) is 2.77. The van der Waals surface area contributed by atoms with Crippen LogP contribution in [-0.4, -0.2) is 35.4 Å². The van der Waals surface area contributed by atoms with Crippen molar-refractivity contribution in [2.75, 3.05) is 0 Å². The van der Waals surface area contributed by atoms with Gasteiger partial charge in [-0.2, -0.15) is 13.2 Å². The van der Waals surface area contributed by atoms with E-state index in [9.17, 15) is 27.6 Å². The summed E-state index contributed by atoms with van der Waals surface area (Å²) in [6.45, 7) is 0. The Kier molecular flexibility index (Phi) is 3.16. The van der Waals surface area contributed by atoms with Gasteiger partial charge in [0, 0.05) is 11.1 Å². The van der Waals surface area contributed by atoms with E-state index in [-0.39, 0.29) is 11.1 Å². The Balaban J connectivity index is 2.38. The minimum Gasteiger partial charge on any atom is -0.333 e. The molecule has 5 nitrogen and oxygen atoms in total. The maximum absolute atomic E-state index is 12.2. The summed E-state index contributed by atoms with van der Waals surface area (Å²) in [5, 5.41) is 8.83. The Labute approximate surface area is 110 Å². The number of rotatable bonds is 1. The molecule has 0 aromatic heterocycles. The first-order valence-corrected chi connectivity index (χ1v) is 5.37. The summed E-state index contributed by atoms with van der Waals surface area (Å²) in [6, 6.07) is 3.54. The van der Waals surface area contributed by atoms with Crippen molar-refractivity contribution >= 4 is 23.2 Å². The average molecular weight is 284 g/mol. The molecule has 1 unspecified atom stereocenters. The Morgan fingerprint density at radius 3 is 2.25 bits per heavy atom. The van der Waals surface area contributed by atoms with E-state index in [0.717, 1.165) is 0 Å². The molecule has 0 aliphatic heterocycles. The molecular weight excluding hydrogens is 277 g/mol. The van der Waals surface area contributed by atoms with Crippen molar-refractivity contribution in [2.24, 2.45) is 0 Å². The van der Waals surface area contributed by atoms with Crippen LogP contribution < -0.4 is 5.32 Å². The van der Waals surface area contributed by atoms with Crippen LogP contribution in [0.3, 0.4) is 0 Å². The van der Waals surface area contributed by atoms with E-state index in [1.165, 1.54) is 29.6 Å². The van der Waals surface area contributed by atoms with E-state index in [1.54, 1.807) is 0 Å². The highest BCUT2D eigenvalue weighted by molar-refractivity contribution is 6.54. The molecule has 0 fully saturated rings. The molecule has 0 spiro atoms. The largest absolute Gasteiger partial charge is 0.471 e. The van der Waals surface area contributed by atoms with E-state index in [2.05, 4.69) is 0 Å². The van der Waals surface area contributed by atoms with Crippen molar-refractivity contribution in [3.05, 3.63) is 35.4 Å². The molecule has 0 bridgehead atoms. The molecule has 1 aliphatic carbocycles. The van der Waals surface area contributed by atoms with Crippen molar-refractivity contribution in [1.82, 2.24) is 5.32 Å². The lowest BCUT2D eigenvalue weighted by atomic mass is 9.84. The van der Waals surface area contributed by atoms with Crippen LogP contribution in [-0.2, 0) is 4.79 Å². The summed E-state index contributed by atoms with van der Waals surface area (Å²) in [7, 11) is 0. The van der Waals surface area contributed by atoms with Crippen LogP contribution in [0.2, 0.25) is 0 Å². The van der Waals surface area contributed by atoms with Crippen molar-refractivity contribution in [3.8, 4) is 0 Å². The highest BCUT2D eigenvalue weighted by Crippen LogP contribution is 2.21. The number of nitrogens with one attached hydrogen (secondary N) is 2. The van der Waals surface area contributed by atoms with Crippen LogP contribution in [0, 0.1) is 5.41 Å². The summed E-state index contributed by atoms with van der Waals surface area (Å²) in [5.74, 6) is -4.16. The third-order valence-electron chi connectivity index (χ3n) is 2.77. The SMILES string of the molecule is N=C1C(=O)c2ccccc2C(=O)C1NC(=O)C(F)(F)F. The van der Waals surface area contributed by atoms with Gasteiger partial charge in [0.15, 0.2) is 5.78 Å². The molecule has 0 heterocycles. The molecule has 8 heteroatoms. The Bertz CT molecular complexity index is 637. The van der Waals surface area contributed by atoms with Gasteiger partial charge in [-0.15, -0.1) is 0 Å². The summed E-state index contributed by atoms with van der Waals surface area (Å²) >= 11 is 0. The fourth-order valence-corrected chi connectivity index (χ4v) is 1.81. The molecule has 1 amide bonds. The van der Waals surface area contributed by atoms with Crippen LogP contribution in [0.25, 0.3) is 0 Å². The van der Waals surface area contributed by atoms with E-state index >= 15 is 0 Å². The summed E-state index contributed by atoms with van der Waals surface area (Å²) < 4.78 is 36.5. The summed E-state index contributed by atoms with van der Waals surface area (Å²) in [5.41, 5.74) is -1.05. The van der Waals surface area contributed by atoms with Crippen molar-refractivity contribution < 1.29 is 27.6 Å². The van der Waals surface area contributed by atoms with Gasteiger partial charge in [-0.1, -0.05) is 24.3 Å². The topological polar surface area (TPSA) is 87.1 Å². The lowest BCUT2D eigenvalue weighted by molar-refractivity contribution is -0.173. The molecule has 0 saturated carbocycles. The second-order valence-electron chi connectivity index (χ2n) is 4.06. The first-order chi connectivity index (χ1) is 9.23. The van der Waals surface area contributed by atoms with Gasteiger partial charge in [0.2, 0.25) is 5.78 Å². The molecule has 104 valence electrons. The van der Waals surface area contributed by atoms with Crippen LogP contribution >= 0.6 is 0 Å². The summed E-state index contributed by atoms with van der Waals surface area (Å²) in [4.78, 5) is 34.6. The smallest absolute Gasteiger partial charge is 0.333 e. The van der Waals surface area contributed by atoms with Crippen molar-refractivity contribution in [1.29, 1.82) is 5.41 Å². The minimum absolute atomic E-state index is 0.0555. The number of amides is 1. The minimum atomic E-state index is -5.19. The first-order valence-electron chi connectivity index (χ1n) is 5.37. The lowest BCUT2D eigenvalue weighted by Gasteiger charge is -2.24. The van der Waals surface area contributed by atoms with Gasteiger partial charge in [0.1, 0.15) is 11.8 Å². The predicted molar refractivity (Wildman–Crippen MR) is 60.8 cm³/mol. The van der Waals surface area contributed by atoms with Crippen LogP contribution in [0.5, 0.6) is 0 Å². The zero-order chi connectivity index (χ0) is 15.1. The number of carbonyl (C=O) groups excluding carboxylic acids is 3. The maximum Gasteiger partial charge on any atom is 0.471 e. The average Bonchev–Trinajstić information content (AvgIpc) is 2.39. The number of carbonyl (C=O) groups is 3. The number of halogens is 3. The summed E-state index contributed by atoms with van der Waals surface area (Å²) in [6.07, 6.45) is -5.19. The molecule has 0 saturated heterocycles. The van der Waals surface area contributed by atoms with Gasteiger partial charge in [0.05, 0.1) is 0 Å². The molecule has 0 radical (unpaired) electrons. The van der Waals surface area contributed by atoms with E-state index in [4.69, 9.17) is 5.41 Å². The van der Waals surface area contributed by atoms with Gasteiger partial charge >= 0.3 is 12.1 Å². The quantitative estimate of drug-likeness (QED) is 0.810. The molecule has 1 aromatic rings. The predicted octanol–water partition coefficient (Wildman–Crippen LogP) is 1.13. The monoisotopic (exact) mass is 284 g/mol. The van der Waals surface area contributed by atoms with Gasteiger partial charge in [-0.05, 0) is 0 Å². The lowest BCUT2D eigenvalue weighted by Crippen LogP contribution is -2.54. The Morgan fingerprint density at radius 1 is 1.15 bits per heavy atom. The van der Waals surface area contributed by atoms with Gasteiger partial charge in [-0.25, -0.2) is 0 Å². The number of alkyl halides is 3. The third kappa shape index (κ3) is 2.20. The first kappa shape index (κ1) is 13.9. The van der Waals surface area contributed by atoms with Gasteiger partial charge < -0.3 is 5.32 Å². The number of fused-ring (bicyclic) bond motifs is 1. The fourth-order valence-electron chi connectivity index (χ4n) is 1.81. The zero-order valence-electron chi connectivity index (χ0n) is 9.75. The highest BCUT2D eigenvalue weighted by Gasteiger charge is 2.44. The molecule has 1 aromatic carbocycles. The maximum atomic E-state index is 12.2.